The number of hydrogen-bond donors (Lipinski definition) is 0. The highest BCUT2D eigenvalue weighted by atomic mass is 14.4. The van der Waals surface area contributed by atoms with Gasteiger partial charge in [-0.1, -0.05) is 179 Å². The molecule has 0 aromatic heterocycles. The zero-order chi connectivity index (χ0) is 36.3. The van der Waals surface area contributed by atoms with Gasteiger partial charge in [-0.2, -0.15) is 0 Å². The van der Waals surface area contributed by atoms with Crippen molar-refractivity contribution in [1.29, 1.82) is 0 Å². The molecule has 0 nitrogen and oxygen atoms in total. The SMILES string of the molecule is CC1(C)c2ccccc2-c2ccc(-c3c4ccccc4c(-c4cccc(-c5ccc6c(c5)C(C)(C)c5ccc7ccccc7c5-6)c4)c4ccccc34)cc21. The van der Waals surface area contributed by atoms with Gasteiger partial charge in [-0.05, 0) is 128 Å². The van der Waals surface area contributed by atoms with Crippen LogP contribution in [-0.2, 0) is 10.8 Å². The Morgan fingerprint density at radius 1 is 0.278 bits per heavy atom. The van der Waals surface area contributed by atoms with Crippen LogP contribution in [0.1, 0.15) is 49.9 Å². The summed E-state index contributed by atoms with van der Waals surface area (Å²) in [5.74, 6) is 0. The molecule has 11 rings (SSSR count). The monoisotopic (exact) mass is 688 g/mol. The molecule has 0 saturated heterocycles. The van der Waals surface area contributed by atoms with Crippen molar-refractivity contribution in [3.63, 3.8) is 0 Å². The summed E-state index contributed by atoms with van der Waals surface area (Å²) in [5, 5.41) is 7.77. The second-order valence-electron chi connectivity index (χ2n) is 16.4. The maximum absolute atomic E-state index is 2.47. The summed E-state index contributed by atoms with van der Waals surface area (Å²) >= 11 is 0. The Labute approximate surface area is 317 Å². The lowest BCUT2D eigenvalue weighted by atomic mass is 9.80. The first kappa shape index (κ1) is 31.3. The summed E-state index contributed by atoms with van der Waals surface area (Å²) in [4.78, 5) is 0. The van der Waals surface area contributed by atoms with E-state index in [2.05, 4.69) is 198 Å². The Morgan fingerprint density at radius 2 is 0.759 bits per heavy atom. The minimum atomic E-state index is -0.0832. The lowest BCUT2D eigenvalue weighted by molar-refractivity contribution is 0.660. The summed E-state index contributed by atoms with van der Waals surface area (Å²) in [5.41, 5.74) is 18.6. The van der Waals surface area contributed by atoms with Gasteiger partial charge >= 0.3 is 0 Å². The van der Waals surface area contributed by atoms with Gasteiger partial charge in [0.2, 0.25) is 0 Å². The first-order valence-electron chi connectivity index (χ1n) is 19.3. The zero-order valence-electron chi connectivity index (χ0n) is 31.2. The molecule has 0 unspecified atom stereocenters. The highest BCUT2D eigenvalue weighted by Gasteiger charge is 2.37. The summed E-state index contributed by atoms with van der Waals surface area (Å²) in [6.45, 7) is 9.51. The standard InChI is InChI=1S/C54H40/c1-53(2)46-23-12-11-18-39(46)40-27-25-37(32-48(40)53)51-43-21-9-7-19-41(43)50(42-20-8-10-22-44(42)51)36-16-13-15-34(30-36)35-24-28-45-49(31-35)54(3,4)47-29-26-33-14-5-6-17-38(33)52(45)47/h5-32H,1-4H3. The van der Waals surface area contributed by atoms with Gasteiger partial charge in [-0.25, -0.2) is 0 Å². The first-order chi connectivity index (χ1) is 26.3. The highest BCUT2D eigenvalue weighted by Crippen LogP contribution is 2.53. The Balaban J connectivity index is 1.08. The number of benzene rings is 9. The predicted molar refractivity (Wildman–Crippen MR) is 230 cm³/mol. The van der Waals surface area contributed by atoms with Crippen molar-refractivity contribution >= 4 is 32.3 Å². The number of fused-ring (bicyclic) bond motifs is 10. The third kappa shape index (κ3) is 4.26. The second-order valence-corrected chi connectivity index (χ2v) is 16.4. The second kappa shape index (κ2) is 11.1. The van der Waals surface area contributed by atoms with Crippen LogP contribution < -0.4 is 0 Å². The molecular formula is C54H40. The fraction of sp³-hybridized carbons (Fsp3) is 0.111. The van der Waals surface area contributed by atoms with Gasteiger partial charge < -0.3 is 0 Å². The molecule has 0 fully saturated rings. The molecule has 0 radical (unpaired) electrons. The van der Waals surface area contributed by atoms with Crippen LogP contribution in [0, 0.1) is 0 Å². The summed E-state index contributed by atoms with van der Waals surface area (Å²) in [7, 11) is 0. The van der Waals surface area contributed by atoms with Gasteiger partial charge in [0.25, 0.3) is 0 Å². The van der Waals surface area contributed by atoms with Gasteiger partial charge in [0.15, 0.2) is 0 Å². The average Bonchev–Trinajstić information content (AvgIpc) is 3.59. The molecule has 0 heterocycles. The van der Waals surface area contributed by atoms with Crippen LogP contribution in [-0.4, -0.2) is 0 Å². The third-order valence-corrected chi connectivity index (χ3v) is 12.9. The highest BCUT2D eigenvalue weighted by molar-refractivity contribution is 6.21. The van der Waals surface area contributed by atoms with E-state index in [0.29, 0.717) is 0 Å². The van der Waals surface area contributed by atoms with Crippen molar-refractivity contribution in [2.24, 2.45) is 0 Å². The normalized spacial score (nSPS) is 14.6. The molecule has 0 spiro atoms. The fourth-order valence-corrected chi connectivity index (χ4v) is 10.2. The van der Waals surface area contributed by atoms with Crippen molar-refractivity contribution in [3.05, 3.63) is 192 Å². The van der Waals surface area contributed by atoms with E-state index in [0.717, 1.165) is 0 Å². The van der Waals surface area contributed by atoms with Gasteiger partial charge in [-0.3, -0.25) is 0 Å². The van der Waals surface area contributed by atoms with Gasteiger partial charge in [0, 0.05) is 10.8 Å². The van der Waals surface area contributed by atoms with E-state index in [4.69, 9.17) is 0 Å². The third-order valence-electron chi connectivity index (χ3n) is 12.9. The van der Waals surface area contributed by atoms with Crippen LogP contribution in [0.3, 0.4) is 0 Å². The molecule has 256 valence electrons. The molecule has 54 heavy (non-hydrogen) atoms. The van der Waals surface area contributed by atoms with Crippen LogP contribution in [0.2, 0.25) is 0 Å². The maximum atomic E-state index is 2.47. The van der Waals surface area contributed by atoms with Crippen LogP contribution in [0.4, 0.5) is 0 Å². The van der Waals surface area contributed by atoms with Crippen molar-refractivity contribution in [3.8, 4) is 55.6 Å². The summed E-state index contributed by atoms with van der Waals surface area (Å²) < 4.78 is 0. The van der Waals surface area contributed by atoms with E-state index >= 15 is 0 Å². The van der Waals surface area contributed by atoms with Crippen molar-refractivity contribution in [2.45, 2.75) is 38.5 Å². The van der Waals surface area contributed by atoms with Gasteiger partial charge in [0.1, 0.15) is 0 Å². The minimum Gasteiger partial charge on any atom is -0.0619 e. The molecule has 0 aliphatic heterocycles. The molecule has 2 aliphatic rings. The lowest BCUT2D eigenvalue weighted by Gasteiger charge is -2.23. The predicted octanol–water partition coefficient (Wildman–Crippen LogP) is 14.8. The molecule has 9 aromatic carbocycles. The smallest absolute Gasteiger partial charge is 0.0159 e. The Hall–Kier alpha value is -6.24. The van der Waals surface area contributed by atoms with Crippen molar-refractivity contribution in [1.82, 2.24) is 0 Å². The Bertz CT molecular complexity index is 2990. The zero-order valence-corrected chi connectivity index (χ0v) is 31.2. The van der Waals surface area contributed by atoms with Crippen molar-refractivity contribution < 1.29 is 0 Å². The number of rotatable bonds is 3. The van der Waals surface area contributed by atoms with Crippen molar-refractivity contribution in [2.75, 3.05) is 0 Å². The van der Waals surface area contributed by atoms with Gasteiger partial charge in [-0.15, -0.1) is 0 Å². The largest absolute Gasteiger partial charge is 0.0619 e. The minimum absolute atomic E-state index is 0.0583. The van der Waals surface area contributed by atoms with Crippen LogP contribution in [0.25, 0.3) is 88.0 Å². The van der Waals surface area contributed by atoms with E-state index in [1.165, 1.54) is 110 Å². The fourth-order valence-electron chi connectivity index (χ4n) is 10.2. The van der Waals surface area contributed by atoms with E-state index in [-0.39, 0.29) is 10.8 Å². The Morgan fingerprint density at radius 3 is 1.48 bits per heavy atom. The van der Waals surface area contributed by atoms with E-state index < -0.39 is 0 Å². The molecule has 0 bridgehead atoms. The van der Waals surface area contributed by atoms with E-state index in [1.54, 1.807) is 0 Å². The molecule has 0 amide bonds. The first-order valence-corrected chi connectivity index (χ1v) is 19.3. The maximum Gasteiger partial charge on any atom is 0.0159 e. The lowest BCUT2D eigenvalue weighted by Crippen LogP contribution is -2.15. The Kier molecular flexibility index (Phi) is 6.46. The average molecular weight is 689 g/mol. The van der Waals surface area contributed by atoms with Gasteiger partial charge in [0.05, 0.1) is 0 Å². The van der Waals surface area contributed by atoms with Crippen LogP contribution in [0.5, 0.6) is 0 Å². The molecular weight excluding hydrogens is 649 g/mol. The van der Waals surface area contributed by atoms with E-state index in [1.807, 2.05) is 0 Å². The van der Waals surface area contributed by atoms with E-state index in [9.17, 15) is 0 Å². The molecule has 2 aliphatic carbocycles. The molecule has 0 heteroatoms. The quantitative estimate of drug-likeness (QED) is 0.162. The topological polar surface area (TPSA) is 0 Å². The molecule has 0 atom stereocenters. The summed E-state index contributed by atoms with van der Waals surface area (Å²) in [6, 6.07) is 64.0. The van der Waals surface area contributed by atoms with Crippen LogP contribution in [0.15, 0.2) is 170 Å². The van der Waals surface area contributed by atoms with Crippen LogP contribution >= 0.6 is 0 Å². The molecule has 9 aromatic rings. The molecule has 0 N–H and O–H groups in total. The number of hydrogen-bond acceptors (Lipinski definition) is 0. The molecule has 0 saturated carbocycles. The summed E-state index contributed by atoms with van der Waals surface area (Å²) in [6.07, 6.45) is 0.